The summed E-state index contributed by atoms with van der Waals surface area (Å²) in [5.74, 6) is 2.39. The number of ether oxygens (including phenoxy) is 1. The van der Waals surface area contributed by atoms with Crippen LogP contribution in [0.4, 0.5) is 24.8 Å². The van der Waals surface area contributed by atoms with Gasteiger partial charge in [0.25, 0.3) is 5.91 Å². The molecule has 4 fully saturated rings. The van der Waals surface area contributed by atoms with Gasteiger partial charge in [-0.1, -0.05) is 12.1 Å². The van der Waals surface area contributed by atoms with E-state index in [9.17, 15) is 18.0 Å². The van der Waals surface area contributed by atoms with E-state index < -0.39 is 11.7 Å². The molecular weight excluding hydrogens is 620 g/mol. The third-order valence-corrected chi connectivity index (χ3v) is 12.0. The van der Waals surface area contributed by atoms with Crippen molar-refractivity contribution in [2.45, 2.75) is 67.5 Å². The minimum Gasteiger partial charge on any atom is -0.381 e. The molecule has 3 aliphatic heterocycles. The molecule has 0 unspecified atom stereocenters. The van der Waals surface area contributed by atoms with E-state index in [0.717, 1.165) is 105 Å². The average molecular weight is 656 g/mol. The van der Waals surface area contributed by atoms with Crippen molar-refractivity contribution in [2.75, 3.05) is 50.5 Å². The van der Waals surface area contributed by atoms with Gasteiger partial charge in [-0.2, -0.15) is 13.2 Å². The first-order chi connectivity index (χ1) is 21.8. The molecule has 12 heteroatoms. The number of halogens is 3. The number of carbonyl (C=O) groups excluding carboxylic acids is 1. The molecular formula is C33H36F3N5O2S2. The van der Waals surface area contributed by atoms with E-state index in [0.29, 0.717) is 34.1 Å². The Balaban J connectivity index is 1.05. The van der Waals surface area contributed by atoms with E-state index in [1.165, 1.54) is 22.9 Å². The maximum atomic E-state index is 14.2. The first-order valence-electron chi connectivity index (χ1n) is 16.0. The van der Waals surface area contributed by atoms with E-state index in [-0.39, 0.29) is 23.6 Å². The standard InChI is InChI=1S/C33H36F3N5O2S2/c34-33(35,36)25-15-37-32(39-29(25)27-14-28-30(45-27)31(42)41(11-12-44-28)23-4-5-23)38-26-6-3-22(13-24(26)21-1-2-21)20-7-9-40(10-8-20)16-19-17-43-18-19/h3,6,13-15,19-21,23H,1-2,4-5,7-12,16-18H2,(H,37,38,39). The number of carbonyl (C=O) groups is 1. The molecule has 0 radical (unpaired) electrons. The fraction of sp³-hybridized carbons (Fsp3) is 0.545. The van der Waals surface area contributed by atoms with Gasteiger partial charge < -0.3 is 19.9 Å². The zero-order valence-electron chi connectivity index (χ0n) is 24.9. The van der Waals surface area contributed by atoms with Crippen LogP contribution in [0.1, 0.15) is 76.7 Å². The number of thioether (sulfide) groups is 1. The second-order valence-electron chi connectivity index (χ2n) is 13.1. The molecule has 3 aromatic rings. The number of piperidine rings is 1. The monoisotopic (exact) mass is 655 g/mol. The molecule has 1 aromatic carbocycles. The zero-order valence-corrected chi connectivity index (χ0v) is 26.6. The summed E-state index contributed by atoms with van der Waals surface area (Å²) < 4.78 is 48.0. The van der Waals surface area contributed by atoms with Crippen LogP contribution in [0.15, 0.2) is 35.4 Å². The van der Waals surface area contributed by atoms with Crippen molar-refractivity contribution in [1.82, 2.24) is 19.8 Å². The van der Waals surface area contributed by atoms with Crippen molar-refractivity contribution >= 4 is 40.6 Å². The Morgan fingerprint density at radius 2 is 1.80 bits per heavy atom. The maximum absolute atomic E-state index is 14.2. The first-order valence-corrected chi connectivity index (χ1v) is 17.8. The predicted molar refractivity (Wildman–Crippen MR) is 170 cm³/mol. The van der Waals surface area contributed by atoms with Crippen molar-refractivity contribution in [3.63, 3.8) is 0 Å². The second-order valence-corrected chi connectivity index (χ2v) is 15.2. The normalized spacial score (nSPS) is 21.8. The number of aromatic nitrogens is 2. The molecule has 7 nitrogen and oxygen atoms in total. The van der Waals surface area contributed by atoms with Crippen LogP contribution in [0.3, 0.4) is 0 Å². The van der Waals surface area contributed by atoms with Crippen LogP contribution in [0, 0.1) is 5.92 Å². The van der Waals surface area contributed by atoms with Crippen molar-refractivity contribution in [3.05, 3.63) is 52.0 Å². The summed E-state index contributed by atoms with van der Waals surface area (Å²) in [5.41, 5.74) is 2.30. The molecule has 238 valence electrons. The number of thiophene rings is 1. The van der Waals surface area contributed by atoms with E-state index in [1.807, 2.05) is 4.90 Å². The molecule has 2 saturated heterocycles. The number of alkyl halides is 3. The third kappa shape index (κ3) is 6.23. The van der Waals surface area contributed by atoms with Gasteiger partial charge in [-0.15, -0.1) is 23.1 Å². The van der Waals surface area contributed by atoms with Crippen LogP contribution >= 0.6 is 23.1 Å². The van der Waals surface area contributed by atoms with Gasteiger partial charge in [-0.3, -0.25) is 4.79 Å². The number of hydrogen-bond acceptors (Lipinski definition) is 8. The van der Waals surface area contributed by atoms with Crippen LogP contribution in [0.25, 0.3) is 10.6 Å². The van der Waals surface area contributed by atoms with Crippen molar-refractivity contribution < 1.29 is 22.7 Å². The fourth-order valence-corrected chi connectivity index (χ4v) is 9.13. The highest BCUT2D eigenvalue weighted by Gasteiger charge is 2.39. The Hall–Kier alpha value is -2.67. The van der Waals surface area contributed by atoms with Crippen molar-refractivity contribution in [2.24, 2.45) is 5.92 Å². The molecule has 5 heterocycles. The van der Waals surface area contributed by atoms with Crippen LogP contribution in [-0.2, 0) is 10.9 Å². The summed E-state index contributed by atoms with van der Waals surface area (Å²) in [6.45, 7) is 5.75. The highest BCUT2D eigenvalue weighted by molar-refractivity contribution is 7.99. The van der Waals surface area contributed by atoms with E-state index >= 15 is 0 Å². The predicted octanol–water partition coefficient (Wildman–Crippen LogP) is 7.38. The molecule has 0 spiro atoms. The number of rotatable bonds is 8. The lowest BCUT2D eigenvalue weighted by atomic mass is 9.87. The molecule has 8 rings (SSSR count). The van der Waals surface area contributed by atoms with E-state index in [4.69, 9.17) is 4.74 Å². The lowest BCUT2D eigenvalue weighted by molar-refractivity contribution is -0.137. The number of benzene rings is 1. The Morgan fingerprint density at radius 1 is 1.00 bits per heavy atom. The van der Waals surface area contributed by atoms with Gasteiger partial charge in [-0.05, 0) is 86.7 Å². The lowest BCUT2D eigenvalue weighted by Gasteiger charge is -2.37. The van der Waals surface area contributed by atoms with Crippen LogP contribution in [0.5, 0.6) is 0 Å². The van der Waals surface area contributed by atoms with Gasteiger partial charge in [0, 0.05) is 47.6 Å². The second kappa shape index (κ2) is 11.8. The van der Waals surface area contributed by atoms with Crippen molar-refractivity contribution in [1.29, 1.82) is 0 Å². The van der Waals surface area contributed by atoms with Gasteiger partial charge in [-0.25, -0.2) is 9.97 Å². The minimum absolute atomic E-state index is 0.0810. The van der Waals surface area contributed by atoms with Gasteiger partial charge >= 0.3 is 6.18 Å². The molecule has 45 heavy (non-hydrogen) atoms. The number of amides is 1. The Morgan fingerprint density at radius 3 is 2.49 bits per heavy atom. The largest absolute Gasteiger partial charge is 0.420 e. The fourth-order valence-electron chi connectivity index (χ4n) is 6.81. The molecule has 0 bridgehead atoms. The van der Waals surface area contributed by atoms with Gasteiger partial charge in [0.05, 0.1) is 23.8 Å². The van der Waals surface area contributed by atoms with Gasteiger partial charge in [0.15, 0.2) is 0 Å². The maximum Gasteiger partial charge on any atom is 0.420 e. The van der Waals surface area contributed by atoms with Gasteiger partial charge in [0.2, 0.25) is 5.95 Å². The number of hydrogen-bond donors (Lipinski definition) is 1. The molecule has 0 atom stereocenters. The topological polar surface area (TPSA) is 70.6 Å². The molecule has 1 amide bonds. The summed E-state index contributed by atoms with van der Waals surface area (Å²) >= 11 is 2.64. The minimum atomic E-state index is -4.63. The van der Waals surface area contributed by atoms with Gasteiger partial charge in [0.1, 0.15) is 10.4 Å². The van der Waals surface area contributed by atoms with E-state index in [1.54, 1.807) is 6.07 Å². The highest BCUT2D eigenvalue weighted by atomic mass is 32.2. The zero-order chi connectivity index (χ0) is 30.7. The third-order valence-electron chi connectivity index (χ3n) is 9.68. The Bertz CT molecular complexity index is 1590. The molecule has 5 aliphatic rings. The number of fused-ring (bicyclic) bond motifs is 1. The molecule has 1 N–H and O–H groups in total. The molecule has 2 aromatic heterocycles. The Kier molecular flexibility index (Phi) is 7.82. The smallest absolute Gasteiger partial charge is 0.381 e. The molecule has 2 saturated carbocycles. The first kappa shape index (κ1) is 29.7. The summed E-state index contributed by atoms with van der Waals surface area (Å²) in [4.78, 5) is 27.9. The van der Waals surface area contributed by atoms with Crippen molar-refractivity contribution in [3.8, 4) is 10.6 Å². The number of nitrogens with one attached hydrogen (secondary N) is 1. The molecule has 2 aliphatic carbocycles. The van der Waals surface area contributed by atoms with Crippen LogP contribution in [-0.4, -0.2) is 76.9 Å². The van der Waals surface area contributed by atoms with E-state index in [2.05, 4.69) is 38.4 Å². The number of anilines is 2. The number of likely N-dealkylation sites (tertiary alicyclic amines) is 1. The summed E-state index contributed by atoms with van der Waals surface area (Å²) in [5, 5.41) is 3.28. The summed E-state index contributed by atoms with van der Waals surface area (Å²) in [7, 11) is 0. The quantitative estimate of drug-likeness (QED) is 0.272. The SMILES string of the molecule is O=C1c2sc(-c3nc(Nc4ccc(C5CCN(CC6COC6)CC5)cc4C4CC4)ncc3C(F)(F)F)cc2SCCN1C1CC1. The summed E-state index contributed by atoms with van der Waals surface area (Å²) in [6, 6.07) is 8.47. The Labute approximate surface area is 268 Å². The average Bonchev–Trinajstić information content (AvgIpc) is 3.94. The van der Waals surface area contributed by atoms with Crippen LogP contribution in [0.2, 0.25) is 0 Å². The summed E-state index contributed by atoms with van der Waals surface area (Å²) in [6.07, 6.45) is 2.67. The lowest BCUT2D eigenvalue weighted by Crippen LogP contribution is -2.42. The number of nitrogens with zero attached hydrogens (tertiary/aromatic N) is 4. The van der Waals surface area contributed by atoms with Crippen LogP contribution < -0.4 is 5.32 Å². The highest BCUT2D eigenvalue weighted by Crippen LogP contribution is 2.47.